The Labute approximate surface area is 140 Å². The first kappa shape index (κ1) is 16.6. The van der Waals surface area contributed by atoms with Crippen molar-refractivity contribution < 1.29 is 13.3 Å². The standard InChI is InChI=1S/C17H18N2O4S/c20-19(21)16-10-4-5-11-17(16)24(22,23)18-12-6-9-15(18)13-14-7-2-1-3-8-14/h1-5,7-8,10-11,15H,6,9,12-13H2. The van der Waals surface area contributed by atoms with Gasteiger partial charge in [-0.05, 0) is 30.9 Å². The number of hydrogen-bond donors (Lipinski definition) is 0. The van der Waals surface area contributed by atoms with Crippen molar-refractivity contribution in [1.82, 2.24) is 4.31 Å². The molecular weight excluding hydrogens is 328 g/mol. The zero-order valence-electron chi connectivity index (χ0n) is 13.0. The first-order valence-electron chi connectivity index (χ1n) is 7.79. The van der Waals surface area contributed by atoms with Gasteiger partial charge in [-0.3, -0.25) is 10.1 Å². The lowest BCUT2D eigenvalue weighted by Gasteiger charge is -2.24. The van der Waals surface area contributed by atoms with Crippen LogP contribution < -0.4 is 0 Å². The maximum atomic E-state index is 13.0. The van der Waals surface area contributed by atoms with Crippen molar-refractivity contribution in [2.45, 2.75) is 30.2 Å². The van der Waals surface area contributed by atoms with Crippen molar-refractivity contribution in [3.8, 4) is 0 Å². The number of nitrogens with zero attached hydrogens (tertiary/aromatic N) is 2. The summed E-state index contributed by atoms with van der Waals surface area (Å²) in [4.78, 5) is 10.3. The normalized spacial score (nSPS) is 18.6. The van der Waals surface area contributed by atoms with Crippen LogP contribution in [0.2, 0.25) is 0 Å². The quantitative estimate of drug-likeness (QED) is 0.616. The Bertz CT molecular complexity index is 837. The van der Waals surface area contributed by atoms with E-state index < -0.39 is 14.9 Å². The summed E-state index contributed by atoms with van der Waals surface area (Å²) in [5, 5.41) is 11.2. The molecule has 0 amide bonds. The second-order valence-electron chi connectivity index (χ2n) is 5.83. The molecule has 1 unspecified atom stereocenters. The number of para-hydroxylation sites is 1. The van der Waals surface area contributed by atoms with E-state index in [9.17, 15) is 18.5 Å². The lowest BCUT2D eigenvalue weighted by atomic mass is 10.1. The van der Waals surface area contributed by atoms with Gasteiger partial charge in [-0.25, -0.2) is 8.42 Å². The minimum atomic E-state index is -3.89. The molecule has 0 aliphatic carbocycles. The van der Waals surface area contributed by atoms with Gasteiger partial charge in [0.1, 0.15) is 0 Å². The summed E-state index contributed by atoms with van der Waals surface area (Å²) < 4.78 is 27.4. The maximum absolute atomic E-state index is 13.0. The van der Waals surface area contributed by atoms with E-state index >= 15 is 0 Å². The van der Waals surface area contributed by atoms with Gasteiger partial charge in [-0.15, -0.1) is 0 Å². The first-order valence-corrected chi connectivity index (χ1v) is 9.23. The Morgan fingerprint density at radius 2 is 1.75 bits per heavy atom. The number of hydrogen-bond acceptors (Lipinski definition) is 4. The van der Waals surface area contributed by atoms with E-state index in [0.29, 0.717) is 13.0 Å². The minimum Gasteiger partial charge on any atom is -0.258 e. The van der Waals surface area contributed by atoms with Crippen LogP contribution in [0, 0.1) is 10.1 Å². The zero-order chi connectivity index (χ0) is 17.2. The van der Waals surface area contributed by atoms with E-state index in [1.165, 1.54) is 28.6 Å². The third kappa shape index (κ3) is 3.18. The van der Waals surface area contributed by atoms with Gasteiger partial charge in [0.15, 0.2) is 4.90 Å². The Kier molecular flexibility index (Phi) is 4.64. The van der Waals surface area contributed by atoms with Gasteiger partial charge in [-0.1, -0.05) is 42.5 Å². The van der Waals surface area contributed by atoms with Crippen molar-refractivity contribution in [2.75, 3.05) is 6.54 Å². The van der Waals surface area contributed by atoms with Crippen LogP contribution in [0.5, 0.6) is 0 Å². The molecule has 0 aromatic heterocycles. The summed E-state index contributed by atoms with van der Waals surface area (Å²) in [6, 6.07) is 15.1. The van der Waals surface area contributed by atoms with Crippen LogP contribution in [-0.4, -0.2) is 30.2 Å². The summed E-state index contributed by atoms with van der Waals surface area (Å²) in [5.41, 5.74) is 0.690. The summed E-state index contributed by atoms with van der Waals surface area (Å²) in [5.74, 6) is 0. The van der Waals surface area contributed by atoms with Crippen LogP contribution in [0.3, 0.4) is 0 Å². The van der Waals surface area contributed by atoms with Gasteiger partial charge in [0, 0.05) is 18.7 Å². The first-order chi connectivity index (χ1) is 11.5. The van der Waals surface area contributed by atoms with Gasteiger partial charge >= 0.3 is 0 Å². The van der Waals surface area contributed by atoms with Crippen molar-refractivity contribution in [2.24, 2.45) is 0 Å². The average molecular weight is 346 g/mol. The number of benzene rings is 2. The van der Waals surface area contributed by atoms with Crippen molar-refractivity contribution in [1.29, 1.82) is 0 Å². The number of rotatable bonds is 5. The number of nitro benzene ring substituents is 1. The fourth-order valence-corrected chi connectivity index (χ4v) is 5.02. The van der Waals surface area contributed by atoms with Crippen molar-refractivity contribution in [3.63, 3.8) is 0 Å². The largest absolute Gasteiger partial charge is 0.289 e. The van der Waals surface area contributed by atoms with Crippen LogP contribution in [0.1, 0.15) is 18.4 Å². The molecule has 0 N–H and O–H groups in total. The van der Waals surface area contributed by atoms with Gasteiger partial charge in [0.25, 0.3) is 5.69 Å². The highest BCUT2D eigenvalue weighted by molar-refractivity contribution is 7.89. The Morgan fingerprint density at radius 3 is 2.46 bits per heavy atom. The van der Waals surface area contributed by atoms with Crippen molar-refractivity contribution in [3.05, 3.63) is 70.3 Å². The second kappa shape index (κ2) is 6.70. The predicted octanol–water partition coefficient (Wildman–Crippen LogP) is 2.99. The van der Waals surface area contributed by atoms with Crippen LogP contribution in [0.25, 0.3) is 0 Å². The fourth-order valence-electron chi connectivity index (χ4n) is 3.17. The summed E-state index contributed by atoms with van der Waals surface area (Å²) in [6.07, 6.45) is 2.13. The highest BCUT2D eigenvalue weighted by Gasteiger charge is 2.38. The molecular formula is C17H18N2O4S. The predicted molar refractivity (Wildman–Crippen MR) is 90.2 cm³/mol. The third-order valence-corrected chi connectivity index (χ3v) is 6.29. The molecule has 1 aliphatic heterocycles. The molecule has 6 nitrogen and oxygen atoms in total. The monoisotopic (exact) mass is 346 g/mol. The van der Waals surface area contributed by atoms with Gasteiger partial charge < -0.3 is 0 Å². The van der Waals surface area contributed by atoms with E-state index in [1.54, 1.807) is 0 Å². The smallest absolute Gasteiger partial charge is 0.258 e. The summed E-state index contributed by atoms with van der Waals surface area (Å²) >= 11 is 0. The zero-order valence-corrected chi connectivity index (χ0v) is 13.9. The summed E-state index contributed by atoms with van der Waals surface area (Å²) in [6.45, 7) is 0.395. The Morgan fingerprint density at radius 1 is 1.08 bits per heavy atom. The van der Waals surface area contributed by atoms with Crippen LogP contribution >= 0.6 is 0 Å². The second-order valence-corrected chi connectivity index (χ2v) is 7.69. The molecule has 1 atom stereocenters. The molecule has 3 rings (SSSR count). The molecule has 1 fully saturated rings. The molecule has 0 spiro atoms. The maximum Gasteiger partial charge on any atom is 0.289 e. The highest BCUT2D eigenvalue weighted by atomic mass is 32.2. The van der Waals surface area contributed by atoms with E-state index in [0.717, 1.165) is 18.4 Å². The van der Waals surface area contributed by atoms with E-state index in [2.05, 4.69) is 0 Å². The van der Waals surface area contributed by atoms with Crippen molar-refractivity contribution >= 4 is 15.7 Å². The van der Waals surface area contributed by atoms with E-state index in [4.69, 9.17) is 0 Å². The Balaban J connectivity index is 1.93. The third-order valence-electron chi connectivity index (χ3n) is 4.29. The van der Waals surface area contributed by atoms with E-state index in [-0.39, 0.29) is 16.6 Å². The van der Waals surface area contributed by atoms with Crippen LogP contribution in [0.15, 0.2) is 59.5 Å². The molecule has 2 aromatic rings. The number of sulfonamides is 1. The molecule has 1 saturated heterocycles. The van der Waals surface area contributed by atoms with Crippen LogP contribution in [-0.2, 0) is 16.4 Å². The average Bonchev–Trinajstić information content (AvgIpc) is 3.04. The fraction of sp³-hybridized carbons (Fsp3) is 0.294. The molecule has 126 valence electrons. The molecule has 24 heavy (non-hydrogen) atoms. The molecule has 1 aliphatic rings. The van der Waals surface area contributed by atoms with Crippen LogP contribution in [0.4, 0.5) is 5.69 Å². The highest BCUT2D eigenvalue weighted by Crippen LogP contribution is 2.32. The topological polar surface area (TPSA) is 80.5 Å². The van der Waals surface area contributed by atoms with Gasteiger partial charge in [0.2, 0.25) is 10.0 Å². The number of nitro groups is 1. The molecule has 0 bridgehead atoms. The lowest BCUT2D eigenvalue weighted by molar-refractivity contribution is -0.387. The molecule has 2 aromatic carbocycles. The SMILES string of the molecule is O=[N+]([O-])c1ccccc1S(=O)(=O)N1CCCC1Cc1ccccc1. The molecule has 0 saturated carbocycles. The molecule has 0 radical (unpaired) electrons. The molecule has 7 heteroatoms. The van der Waals surface area contributed by atoms with Gasteiger partial charge in [-0.2, -0.15) is 4.31 Å². The lowest BCUT2D eigenvalue weighted by Crippen LogP contribution is -2.37. The Hall–Kier alpha value is -2.25. The summed E-state index contributed by atoms with van der Waals surface area (Å²) in [7, 11) is -3.89. The van der Waals surface area contributed by atoms with Gasteiger partial charge in [0.05, 0.1) is 4.92 Å². The minimum absolute atomic E-state index is 0.169. The van der Waals surface area contributed by atoms with E-state index in [1.807, 2.05) is 30.3 Å². The molecule has 1 heterocycles.